The van der Waals surface area contributed by atoms with Gasteiger partial charge >= 0.3 is 0 Å². The van der Waals surface area contributed by atoms with Gasteiger partial charge in [0, 0.05) is 8.45 Å². The first-order valence-corrected chi connectivity index (χ1v) is 9.10. The average molecular weight is 422 g/mol. The molecule has 0 bridgehead atoms. The molecule has 0 unspecified atom stereocenters. The van der Waals surface area contributed by atoms with Gasteiger partial charge in [-0.15, -0.1) is 11.3 Å². The van der Waals surface area contributed by atoms with Crippen molar-refractivity contribution in [1.82, 2.24) is 0 Å². The number of hydrogen-bond donors (Lipinski definition) is 1. The minimum Gasteiger partial charge on any atom is -0.312 e. The molecule has 5 heteroatoms. The maximum atomic E-state index is 12.5. The van der Waals surface area contributed by atoms with E-state index in [1.54, 1.807) is 17.4 Å². The fourth-order valence-electron chi connectivity index (χ4n) is 2.77. The van der Waals surface area contributed by atoms with Crippen molar-refractivity contribution in [2.24, 2.45) is 5.92 Å². The summed E-state index contributed by atoms with van der Waals surface area (Å²) in [6, 6.07) is 9.75. The van der Waals surface area contributed by atoms with Crippen LogP contribution in [-0.4, -0.2) is 5.91 Å². The standard InChI is InChI=1S/C17H15IN2OS/c1-10-6-7-11-13(9-19)17(22-15(11)8-10)20-16(21)12-4-2-3-5-14(12)18/h2-5,10H,6-8H2,1H3,(H,20,21)/t10-/m0/s1. The van der Waals surface area contributed by atoms with E-state index in [1.807, 2.05) is 18.2 Å². The van der Waals surface area contributed by atoms with Crippen molar-refractivity contribution in [2.45, 2.75) is 26.2 Å². The number of fused-ring (bicyclic) bond motifs is 1. The van der Waals surface area contributed by atoms with E-state index >= 15 is 0 Å². The molecular formula is C17H15IN2OS. The van der Waals surface area contributed by atoms with Crippen molar-refractivity contribution in [3.63, 3.8) is 0 Å². The highest BCUT2D eigenvalue weighted by Crippen LogP contribution is 2.39. The summed E-state index contributed by atoms with van der Waals surface area (Å²) in [6.07, 6.45) is 3.06. The number of nitriles is 1. The summed E-state index contributed by atoms with van der Waals surface area (Å²) in [4.78, 5) is 13.7. The Hall–Kier alpha value is -1.39. The third-order valence-corrected chi connectivity index (χ3v) is 6.08. The molecule has 1 heterocycles. The first-order chi connectivity index (χ1) is 10.6. The van der Waals surface area contributed by atoms with Crippen LogP contribution in [0.3, 0.4) is 0 Å². The SMILES string of the molecule is C[C@H]1CCc2c(sc(NC(=O)c3ccccc3I)c2C#N)C1. The van der Waals surface area contributed by atoms with E-state index in [9.17, 15) is 10.1 Å². The number of halogens is 1. The second-order valence-corrected chi connectivity index (χ2v) is 7.87. The van der Waals surface area contributed by atoms with Gasteiger partial charge in [-0.2, -0.15) is 5.26 Å². The summed E-state index contributed by atoms with van der Waals surface area (Å²) in [5.74, 6) is 0.504. The Labute approximate surface area is 147 Å². The quantitative estimate of drug-likeness (QED) is 0.720. The average Bonchev–Trinajstić information content (AvgIpc) is 2.83. The van der Waals surface area contributed by atoms with Crippen LogP contribution in [-0.2, 0) is 12.8 Å². The van der Waals surface area contributed by atoms with E-state index in [1.165, 1.54) is 4.88 Å². The molecule has 1 aromatic carbocycles. The van der Waals surface area contributed by atoms with E-state index in [4.69, 9.17) is 0 Å². The number of nitrogens with zero attached hydrogens (tertiary/aromatic N) is 1. The Kier molecular flexibility index (Phi) is 4.50. The Bertz CT molecular complexity index is 775. The zero-order valence-electron chi connectivity index (χ0n) is 12.1. The van der Waals surface area contributed by atoms with Gasteiger partial charge in [0.15, 0.2) is 0 Å². The van der Waals surface area contributed by atoms with Gasteiger partial charge in [0.2, 0.25) is 0 Å². The number of carbonyl (C=O) groups excluding carboxylic acids is 1. The number of benzene rings is 1. The van der Waals surface area contributed by atoms with E-state index in [-0.39, 0.29) is 5.91 Å². The molecule has 2 aromatic rings. The third-order valence-electron chi connectivity index (χ3n) is 3.97. The first-order valence-electron chi connectivity index (χ1n) is 7.20. The number of anilines is 1. The number of amides is 1. The molecule has 1 atom stereocenters. The van der Waals surface area contributed by atoms with E-state index in [0.717, 1.165) is 28.4 Å². The highest BCUT2D eigenvalue weighted by molar-refractivity contribution is 14.1. The molecular weight excluding hydrogens is 407 g/mol. The van der Waals surface area contributed by atoms with Gasteiger partial charge in [-0.05, 0) is 65.5 Å². The number of carbonyl (C=O) groups is 1. The van der Waals surface area contributed by atoms with E-state index in [2.05, 4.69) is 40.9 Å². The van der Waals surface area contributed by atoms with Crippen LogP contribution in [0.2, 0.25) is 0 Å². The molecule has 1 amide bonds. The van der Waals surface area contributed by atoms with Crippen molar-refractivity contribution in [2.75, 3.05) is 5.32 Å². The molecule has 0 fully saturated rings. The van der Waals surface area contributed by atoms with Gasteiger partial charge in [0.1, 0.15) is 11.1 Å². The van der Waals surface area contributed by atoms with Gasteiger partial charge < -0.3 is 5.32 Å². The van der Waals surface area contributed by atoms with Crippen LogP contribution < -0.4 is 5.32 Å². The number of rotatable bonds is 2. The zero-order valence-corrected chi connectivity index (χ0v) is 15.1. The molecule has 0 radical (unpaired) electrons. The number of thiophene rings is 1. The van der Waals surface area contributed by atoms with Crippen LogP contribution in [0.25, 0.3) is 0 Å². The molecule has 22 heavy (non-hydrogen) atoms. The monoisotopic (exact) mass is 422 g/mol. The Balaban J connectivity index is 1.92. The highest BCUT2D eigenvalue weighted by Gasteiger charge is 2.25. The zero-order chi connectivity index (χ0) is 15.7. The molecule has 1 N–H and O–H groups in total. The fourth-order valence-corrected chi connectivity index (χ4v) is 4.76. The molecule has 1 aliphatic rings. The Morgan fingerprint density at radius 3 is 2.95 bits per heavy atom. The summed E-state index contributed by atoms with van der Waals surface area (Å²) in [5.41, 5.74) is 2.45. The summed E-state index contributed by atoms with van der Waals surface area (Å²) in [7, 11) is 0. The predicted molar refractivity (Wildman–Crippen MR) is 97.3 cm³/mol. The van der Waals surface area contributed by atoms with Crippen molar-refractivity contribution < 1.29 is 4.79 Å². The third kappa shape index (κ3) is 2.90. The lowest BCUT2D eigenvalue weighted by Crippen LogP contribution is -2.13. The van der Waals surface area contributed by atoms with Crippen LogP contribution >= 0.6 is 33.9 Å². The van der Waals surface area contributed by atoms with Crippen molar-refractivity contribution in [3.05, 3.63) is 49.4 Å². The van der Waals surface area contributed by atoms with Crippen LogP contribution in [0.15, 0.2) is 24.3 Å². The van der Waals surface area contributed by atoms with Gasteiger partial charge in [-0.1, -0.05) is 19.1 Å². The maximum absolute atomic E-state index is 12.5. The molecule has 1 aromatic heterocycles. The second-order valence-electron chi connectivity index (χ2n) is 5.60. The van der Waals surface area contributed by atoms with Gasteiger partial charge in [-0.25, -0.2) is 0 Å². The van der Waals surface area contributed by atoms with E-state index < -0.39 is 0 Å². The van der Waals surface area contributed by atoms with E-state index in [0.29, 0.717) is 22.0 Å². The summed E-state index contributed by atoms with van der Waals surface area (Å²) in [5, 5.41) is 13.1. The number of hydrogen-bond acceptors (Lipinski definition) is 3. The molecule has 3 nitrogen and oxygen atoms in total. The molecule has 3 rings (SSSR count). The summed E-state index contributed by atoms with van der Waals surface area (Å²) < 4.78 is 0.908. The van der Waals surface area contributed by atoms with Crippen molar-refractivity contribution in [3.8, 4) is 6.07 Å². The minimum absolute atomic E-state index is 0.145. The van der Waals surface area contributed by atoms with Gasteiger partial charge in [0.05, 0.1) is 11.1 Å². The van der Waals surface area contributed by atoms with Gasteiger partial charge in [-0.3, -0.25) is 4.79 Å². The minimum atomic E-state index is -0.145. The van der Waals surface area contributed by atoms with Gasteiger partial charge in [0.25, 0.3) is 5.91 Å². The lowest BCUT2D eigenvalue weighted by molar-refractivity contribution is 0.102. The molecule has 0 spiro atoms. The lowest BCUT2D eigenvalue weighted by Gasteiger charge is -2.17. The predicted octanol–water partition coefficient (Wildman–Crippen LogP) is 4.60. The van der Waals surface area contributed by atoms with Crippen molar-refractivity contribution >= 4 is 44.8 Å². The largest absolute Gasteiger partial charge is 0.312 e. The normalized spacial score (nSPS) is 16.7. The lowest BCUT2D eigenvalue weighted by atomic mass is 9.88. The molecule has 0 saturated carbocycles. The highest BCUT2D eigenvalue weighted by atomic mass is 127. The van der Waals surface area contributed by atoms with Crippen molar-refractivity contribution in [1.29, 1.82) is 5.26 Å². The summed E-state index contributed by atoms with van der Waals surface area (Å²) >= 11 is 3.72. The topological polar surface area (TPSA) is 52.9 Å². The van der Waals surface area contributed by atoms with Crippen LogP contribution in [0.5, 0.6) is 0 Å². The number of nitrogens with one attached hydrogen (secondary N) is 1. The van der Waals surface area contributed by atoms with Crippen LogP contribution in [0.1, 0.15) is 39.7 Å². The van der Waals surface area contributed by atoms with Crippen LogP contribution in [0.4, 0.5) is 5.00 Å². The Morgan fingerprint density at radius 2 is 2.23 bits per heavy atom. The first kappa shape index (κ1) is 15.5. The Morgan fingerprint density at radius 1 is 1.45 bits per heavy atom. The molecule has 0 aliphatic heterocycles. The maximum Gasteiger partial charge on any atom is 0.257 e. The summed E-state index contributed by atoms with van der Waals surface area (Å²) in [6.45, 7) is 2.24. The second kappa shape index (κ2) is 6.39. The van der Waals surface area contributed by atoms with Crippen LogP contribution in [0, 0.1) is 20.8 Å². The smallest absolute Gasteiger partial charge is 0.257 e. The molecule has 0 saturated heterocycles. The molecule has 112 valence electrons. The molecule has 1 aliphatic carbocycles. The fraction of sp³-hybridized carbons (Fsp3) is 0.294.